The Morgan fingerprint density at radius 1 is 0.865 bits per heavy atom. The van der Waals surface area contributed by atoms with Crippen molar-refractivity contribution < 1.29 is 13.9 Å². The van der Waals surface area contributed by atoms with E-state index in [1.165, 1.54) is 16.5 Å². The maximum absolute atomic E-state index is 12.1. The lowest BCUT2D eigenvalue weighted by Crippen LogP contribution is -2.27. The maximum Gasteiger partial charge on any atom is 0.435 e. The first kappa shape index (κ1) is 34.3. The maximum atomic E-state index is 12.1. The van der Waals surface area contributed by atoms with Gasteiger partial charge in [0, 0.05) is 59.6 Å². The molecule has 14 nitrogen and oxygen atoms in total. The van der Waals surface area contributed by atoms with Gasteiger partial charge in [0.15, 0.2) is 11.4 Å². The van der Waals surface area contributed by atoms with Crippen LogP contribution in [0.1, 0.15) is 37.9 Å². The number of aromatic amines is 1. The van der Waals surface area contributed by atoms with Crippen molar-refractivity contribution in [3.8, 4) is 22.3 Å². The number of carbonyl (C=O) groups is 1. The van der Waals surface area contributed by atoms with Gasteiger partial charge in [0.05, 0.1) is 24.4 Å². The molecule has 6 heterocycles. The summed E-state index contributed by atoms with van der Waals surface area (Å²) in [5.74, 6) is 2.19. The van der Waals surface area contributed by atoms with Gasteiger partial charge in [-0.3, -0.25) is 10.00 Å². The van der Waals surface area contributed by atoms with Crippen LogP contribution in [-0.4, -0.2) is 63.6 Å². The number of nitrogens with zero attached hydrogens (tertiary/aromatic N) is 8. The largest absolute Gasteiger partial charge is 0.459 e. The van der Waals surface area contributed by atoms with Crippen LogP contribution in [0.2, 0.25) is 5.28 Å². The van der Waals surface area contributed by atoms with Gasteiger partial charge in [-0.15, -0.1) is 0 Å². The van der Waals surface area contributed by atoms with Crippen LogP contribution in [0.5, 0.6) is 0 Å². The summed E-state index contributed by atoms with van der Waals surface area (Å²) in [5.41, 5.74) is 8.60. The Morgan fingerprint density at radius 3 is 2.23 bits per heavy atom. The van der Waals surface area contributed by atoms with Crippen molar-refractivity contribution in [2.75, 3.05) is 17.7 Å². The number of furan rings is 1. The summed E-state index contributed by atoms with van der Waals surface area (Å²) in [4.78, 5) is 31.8. The molecule has 0 saturated heterocycles. The molecule has 0 unspecified atom stereocenters. The molecule has 0 spiro atoms. The van der Waals surface area contributed by atoms with Gasteiger partial charge in [-0.25, -0.2) is 19.7 Å². The number of anilines is 4. The molecule has 0 aliphatic carbocycles. The number of aromatic nitrogens is 8. The van der Waals surface area contributed by atoms with Crippen LogP contribution in [0.15, 0.2) is 90.1 Å². The summed E-state index contributed by atoms with van der Waals surface area (Å²) < 4.78 is 11.9. The number of nitrogens with one attached hydrogen (secondary N) is 3. The molecule has 0 bridgehead atoms. The van der Waals surface area contributed by atoms with Gasteiger partial charge in [0.1, 0.15) is 22.8 Å². The molecule has 3 N–H and O–H groups in total. The molecule has 15 heteroatoms. The number of hydrogen-bond donors (Lipinski definition) is 3. The molecule has 0 fully saturated rings. The van der Waals surface area contributed by atoms with E-state index in [-0.39, 0.29) is 5.28 Å². The van der Waals surface area contributed by atoms with E-state index in [1.807, 2.05) is 64.4 Å². The van der Waals surface area contributed by atoms with E-state index in [9.17, 15) is 4.79 Å². The second kappa shape index (κ2) is 14.2. The Morgan fingerprint density at radius 2 is 1.56 bits per heavy atom. The first-order valence-corrected chi connectivity index (χ1v) is 16.8. The number of fused-ring (bicyclic) bond motifs is 2. The molecule has 0 saturated carbocycles. The fraction of sp³-hybridized carbons (Fsp3) is 0.216. The van der Waals surface area contributed by atoms with Crippen LogP contribution < -0.4 is 10.6 Å². The fourth-order valence-corrected chi connectivity index (χ4v) is 5.79. The number of hydrogen-bond acceptors (Lipinski definition) is 12. The highest BCUT2D eigenvalue weighted by atomic mass is 35.5. The molecular formula is C37H36ClN11O3. The standard InChI is InChI=1S/C20H18ClN5O3.C17H18N6/c1-20(2,3)29-19(27)26-11-13(10-22-26)12-4-6-14(7-5-12)23-17-16-15(8-9-28-16)24-18(21)25-17;1-11-20-16-10-23(2)9-15(16)17(21-11)22-14-5-3-12(4-6-14)13-7-18-19-8-13/h4-11H,1-3H3,(H,23,24,25);3-8H,9-10H2,1-2H3,(H,18,19)(H,20,21,22). The van der Waals surface area contributed by atoms with Crippen molar-refractivity contribution in [3.63, 3.8) is 0 Å². The van der Waals surface area contributed by atoms with E-state index in [4.69, 9.17) is 20.8 Å². The predicted molar refractivity (Wildman–Crippen MR) is 199 cm³/mol. The van der Waals surface area contributed by atoms with E-state index in [2.05, 4.69) is 82.1 Å². The number of benzene rings is 2. The first-order valence-electron chi connectivity index (χ1n) is 16.4. The van der Waals surface area contributed by atoms with Crippen LogP contribution in [0, 0.1) is 6.92 Å². The number of carbonyl (C=O) groups excluding carboxylic acids is 1. The molecule has 1 aliphatic rings. The number of aryl methyl sites for hydroxylation is 1. The Balaban J connectivity index is 0.000000166. The SMILES string of the molecule is CC(C)(C)OC(=O)n1cc(-c2ccc(Nc3nc(Cl)nc4ccoc34)cc2)cn1.Cc1nc2c(c(Nc3ccc(-c4cn[nH]c4)cc3)n1)CN(C)C2. The predicted octanol–water partition coefficient (Wildman–Crippen LogP) is 8.13. The summed E-state index contributed by atoms with van der Waals surface area (Å²) in [5, 5.41) is 17.7. The van der Waals surface area contributed by atoms with Gasteiger partial charge in [0.25, 0.3) is 0 Å². The van der Waals surface area contributed by atoms with Crippen LogP contribution in [0.3, 0.4) is 0 Å². The van der Waals surface area contributed by atoms with E-state index < -0.39 is 11.7 Å². The summed E-state index contributed by atoms with van der Waals surface area (Å²) in [6, 6.07) is 17.6. The van der Waals surface area contributed by atoms with Crippen LogP contribution in [0.25, 0.3) is 33.4 Å². The minimum Gasteiger partial charge on any atom is -0.459 e. The number of rotatable bonds is 6. The molecule has 264 valence electrons. The Kier molecular flexibility index (Phi) is 9.41. The normalized spacial score (nSPS) is 12.7. The Hall–Kier alpha value is -6.12. The lowest BCUT2D eigenvalue weighted by molar-refractivity contribution is 0.0514. The van der Waals surface area contributed by atoms with Crippen molar-refractivity contribution in [1.29, 1.82) is 0 Å². The Bertz CT molecular complexity index is 2330. The van der Waals surface area contributed by atoms with Crippen molar-refractivity contribution in [3.05, 3.63) is 108 Å². The molecular weight excluding hydrogens is 682 g/mol. The smallest absolute Gasteiger partial charge is 0.435 e. The van der Waals surface area contributed by atoms with Crippen molar-refractivity contribution in [2.24, 2.45) is 0 Å². The monoisotopic (exact) mass is 717 g/mol. The van der Waals surface area contributed by atoms with E-state index >= 15 is 0 Å². The van der Waals surface area contributed by atoms with Gasteiger partial charge in [-0.05, 0) is 81.7 Å². The van der Waals surface area contributed by atoms with E-state index in [1.54, 1.807) is 18.5 Å². The minimum atomic E-state index is -0.584. The highest BCUT2D eigenvalue weighted by Crippen LogP contribution is 2.30. The molecule has 1 aliphatic heterocycles. The quantitative estimate of drug-likeness (QED) is 0.142. The zero-order valence-corrected chi connectivity index (χ0v) is 29.9. The van der Waals surface area contributed by atoms with Gasteiger partial charge >= 0.3 is 6.09 Å². The molecule has 7 aromatic rings. The van der Waals surface area contributed by atoms with Gasteiger partial charge in [-0.1, -0.05) is 24.3 Å². The second-order valence-corrected chi connectivity index (χ2v) is 13.6. The third kappa shape index (κ3) is 7.93. The summed E-state index contributed by atoms with van der Waals surface area (Å²) >= 11 is 5.97. The summed E-state index contributed by atoms with van der Waals surface area (Å²) in [6.45, 7) is 9.12. The lowest BCUT2D eigenvalue weighted by Gasteiger charge is -2.18. The number of ether oxygens (including phenoxy) is 1. The molecule has 52 heavy (non-hydrogen) atoms. The molecule has 8 rings (SSSR count). The molecule has 0 amide bonds. The second-order valence-electron chi connectivity index (χ2n) is 13.2. The molecule has 0 radical (unpaired) electrons. The zero-order chi connectivity index (χ0) is 36.4. The third-order valence-electron chi connectivity index (χ3n) is 7.95. The van der Waals surface area contributed by atoms with Crippen LogP contribution >= 0.6 is 11.6 Å². The third-order valence-corrected chi connectivity index (χ3v) is 8.12. The number of H-pyrrole nitrogens is 1. The topological polar surface area (TPSA) is 165 Å². The lowest BCUT2D eigenvalue weighted by atomic mass is 10.1. The van der Waals surface area contributed by atoms with Crippen molar-refractivity contribution >= 4 is 51.8 Å². The fourth-order valence-electron chi connectivity index (χ4n) is 5.61. The molecule has 5 aromatic heterocycles. The van der Waals surface area contributed by atoms with Crippen molar-refractivity contribution in [1.82, 2.24) is 44.8 Å². The Labute approximate surface area is 304 Å². The number of halogens is 1. The highest BCUT2D eigenvalue weighted by Gasteiger charge is 2.22. The van der Waals surface area contributed by atoms with E-state index in [0.717, 1.165) is 64.1 Å². The van der Waals surface area contributed by atoms with Gasteiger partial charge in [-0.2, -0.15) is 19.9 Å². The first-order chi connectivity index (χ1) is 25.0. The molecule has 2 aromatic carbocycles. The average molecular weight is 718 g/mol. The van der Waals surface area contributed by atoms with Crippen LogP contribution in [0.4, 0.5) is 27.8 Å². The zero-order valence-electron chi connectivity index (χ0n) is 29.2. The summed E-state index contributed by atoms with van der Waals surface area (Å²) in [6.07, 6.45) is 7.96. The summed E-state index contributed by atoms with van der Waals surface area (Å²) in [7, 11) is 2.10. The van der Waals surface area contributed by atoms with Gasteiger partial charge in [0.2, 0.25) is 5.28 Å². The highest BCUT2D eigenvalue weighted by molar-refractivity contribution is 6.28. The van der Waals surface area contributed by atoms with Gasteiger partial charge < -0.3 is 19.8 Å². The van der Waals surface area contributed by atoms with E-state index in [0.29, 0.717) is 16.9 Å². The molecule has 0 atom stereocenters. The van der Waals surface area contributed by atoms with Crippen LogP contribution in [-0.2, 0) is 17.8 Å². The average Bonchev–Trinajstić information content (AvgIpc) is 3.92. The minimum absolute atomic E-state index is 0.132. The van der Waals surface area contributed by atoms with Crippen molar-refractivity contribution in [2.45, 2.75) is 46.4 Å².